The van der Waals surface area contributed by atoms with Crippen LogP contribution in [0.2, 0.25) is 0 Å². The van der Waals surface area contributed by atoms with Gasteiger partial charge in [0, 0.05) is 11.4 Å². The molecule has 62 heavy (non-hydrogen) atoms. The summed E-state index contributed by atoms with van der Waals surface area (Å²) in [6, 6.07) is 37.3. The van der Waals surface area contributed by atoms with Gasteiger partial charge in [0.1, 0.15) is 0 Å². The number of thiophene rings is 2. The Morgan fingerprint density at radius 2 is 1.15 bits per heavy atom. The molecule has 0 spiro atoms. The number of hydrogen-bond acceptors (Lipinski definition) is 4. The van der Waals surface area contributed by atoms with Crippen LogP contribution in [0.15, 0.2) is 149 Å². The Balaban J connectivity index is 1.36. The summed E-state index contributed by atoms with van der Waals surface area (Å²) in [6.07, 6.45) is 16.6. The molecule has 0 unspecified atom stereocenters. The number of nitrogens with zero attached hydrogens (tertiary/aromatic N) is 2. The van der Waals surface area contributed by atoms with Crippen LogP contribution < -0.4 is 25.7 Å². The van der Waals surface area contributed by atoms with Crippen molar-refractivity contribution in [2.45, 2.75) is 60.8 Å². The Hall–Kier alpha value is -4.71. The van der Waals surface area contributed by atoms with Crippen molar-refractivity contribution >= 4 is 92.3 Å². The number of amides is 2. The molecule has 3 aliphatic rings. The molecule has 4 heterocycles. The van der Waals surface area contributed by atoms with E-state index in [4.69, 9.17) is 0 Å². The molecule has 5 aromatic rings. The molecule has 2 amide bonds. The number of carbonyl (C=O) groups is 2. The number of benzene rings is 3. The molecule has 315 valence electrons. The second-order valence-corrected chi connectivity index (χ2v) is 23.0. The van der Waals surface area contributed by atoms with Crippen LogP contribution in [0.5, 0.6) is 0 Å². The quantitative estimate of drug-likeness (QED) is 0.0710. The molecule has 0 radical (unpaired) electrons. The van der Waals surface area contributed by atoms with Gasteiger partial charge in [0.05, 0.1) is 0 Å². The van der Waals surface area contributed by atoms with Gasteiger partial charge < -0.3 is 0 Å². The van der Waals surface area contributed by atoms with Crippen molar-refractivity contribution in [3.63, 3.8) is 0 Å². The second kappa shape index (κ2) is 18.9. The molecule has 8 rings (SSSR count). The molecule has 0 bridgehead atoms. The zero-order valence-electron chi connectivity index (χ0n) is 36.3. The fourth-order valence-electron chi connectivity index (χ4n) is 9.04. The Kier molecular flexibility index (Phi) is 13.4. The summed E-state index contributed by atoms with van der Waals surface area (Å²) in [5.41, 5.74) is 6.81. The van der Waals surface area contributed by atoms with Crippen molar-refractivity contribution in [2.24, 2.45) is 11.8 Å². The van der Waals surface area contributed by atoms with E-state index in [-0.39, 0.29) is 23.7 Å². The minimum atomic E-state index is -2.48. The monoisotopic (exact) mass is 1050 g/mol. The van der Waals surface area contributed by atoms with Crippen molar-refractivity contribution in [3.05, 3.63) is 169 Å². The van der Waals surface area contributed by atoms with Crippen molar-refractivity contribution in [1.29, 1.82) is 0 Å². The Morgan fingerprint density at radius 1 is 0.694 bits per heavy atom. The molecule has 3 aromatic carbocycles. The van der Waals surface area contributed by atoms with Crippen LogP contribution in [0, 0.1) is 16.2 Å². The van der Waals surface area contributed by atoms with E-state index in [1.165, 1.54) is 32.4 Å². The van der Waals surface area contributed by atoms with Crippen LogP contribution >= 0.6 is 29.9 Å². The summed E-state index contributed by atoms with van der Waals surface area (Å²) >= 11 is 5.02. The Bertz CT molecular complexity index is 2650. The summed E-state index contributed by atoms with van der Waals surface area (Å²) in [5, 5.41) is 5.03. The molecule has 2 aliphatic heterocycles. The Morgan fingerprint density at radius 3 is 1.56 bits per heavy atom. The average Bonchev–Trinajstić information content (AvgIpc) is 4.10. The second-order valence-electron chi connectivity index (χ2n) is 16.8. The predicted molar refractivity (Wildman–Crippen MR) is 265 cm³/mol. The molecule has 2 aromatic heterocycles. The summed E-state index contributed by atoms with van der Waals surface area (Å²) in [6.45, 7) is 13.9. The number of fused-ring (bicyclic) bond motifs is 2. The zero-order chi connectivity index (χ0) is 43.5. The third kappa shape index (κ3) is 8.16. The van der Waals surface area contributed by atoms with Gasteiger partial charge in [-0.15, -0.1) is 0 Å². The molecule has 1 aliphatic carbocycles. The molecular formula is C54H53N2O2OsPS2+. The van der Waals surface area contributed by atoms with Gasteiger partial charge in [0.2, 0.25) is 0 Å². The van der Waals surface area contributed by atoms with Gasteiger partial charge in [-0.05, 0) is 25.0 Å². The minimum absolute atomic E-state index is 0.0751. The van der Waals surface area contributed by atoms with Crippen LogP contribution in [0.4, 0.5) is 11.4 Å². The van der Waals surface area contributed by atoms with Crippen molar-refractivity contribution in [2.75, 3.05) is 22.9 Å². The van der Waals surface area contributed by atoms with Gasteiger partial charge in [-0.25, -0.2) is 0 Å². The zero-order valence-corrected chi connectivity index (χ0v) is 41.4. The van der Waals surface area contributed by atoms with Gasteiger partial charge in [0.15, 0.2) is 0 Å². The van der Waals surface area contributed by atoms with Crippen LogP contribution in [0.3, 0.4) is 0 Å². The average molecular weight is 1050 g/mol. The van der Waals surface area contributed by atoms with Crippen molar-refractivity contribution in [1.82, 2.24) is 0 Å². The summed E-state index contributed by atoms with van der Waals surface area (Å²) in [4.78, 5) is 36.9. The maximum atomic E-state index is 14.7. The molecular weight excluding hydrogens is 994 g/mol. The molecule has 8 heteroatoms. The first-order chi connectivity index (χ1) is 30.1. The van der Waals surface area contributed by atoms with Gasteiger partial charge >= 0.3 is 332 Å². The van der Waals surface area contributed by atoms with Crippen LogP contribution in [-0.4, -0.2) is 24.9 Å². The van der Waals surface area contributed by atoms with E-state index in [0.717, 1.165) is 55.7 Å². The van der Waals surface area contributed by atoms with E-state index in [2.05, 4.69) is 172 Å². The normalized spacial score (nSPS) is 18.4. The van der Waals surface area contributed by atoms with E-state index in [9.17, 15) is 9.59 Å². The van der Waals surface area contributed by atoms with E-state index in [1.54, 1.807) is 22.7 Å². The molecule has 0 atom stereocenters. The maximum absolute atomic E-state index is 14.7. The van der Waals surface area contributed by atoms with Crippen molar-refractivity contribution < 1.29 is 27.5 Å². The number of allylic oxidation sites excluding steroid dienone is 8. The first kappa shape index (κ1) is 43.9. The SMILES string of the molecule is CC=C1CCCC1=CC(/C=C/c1cc2c(s1)/C(=C1\C(=O)N(CC(C)C)c3cc(/C=C/C)sc31)C(=O)N2CC(C)C)=C([C]#[Os])[P+](c1ccccc1)(c1ccccc1)c1ccccc1. The molecule has 0 N–H and O–H groups in total. The van der Waals surface area contributed by atoms with Crippen molar-refractivity contribution in [3.8, 4) is 4.37 Å². The third-order valence-electron chi connectivity index (χ3n) is 11.6. The molecule has 1 saturated carbocycles. The van der Waals surface area contributed by atoms with Gasteiger partial charge in [-0.1, -0.05) is 19.9 Å². The number of carbonyl (C=O) groups excluding carboxylic acids is 2. The topological polar surface area (TPSA) is 40.6 Å². The first-order valence-corrected chi connectivity index (χ1v) is 26.3. The summed E-state index contributed by atoms with van der Waals surface area (Å²) in [7, 11) is -2.48. The molecule has 0 saturated heterocycles. The molecule has 1 fully saturated rings. The Labute approximate surface area is 386 Å². The van der Waals surface area contributed by atoms with Crippen LogP contribution in [0.1, 0.15) is 80.3 Å². The number of anilines is 2. The first-order valence-electron chi connectivity index (χ1n) is 21.6. The number of hydrogen-bond donors (Lipinski definition) is 0. The number of rotatable bonds is 12. The fraction of sp³-hybridized carbons (Fsp3) is 0.241. The summed E-state index contributed by atoms with van der Waals surface area (Å²) in [5.74, 6) is 0.356. The third-order valence-corrected chi connectivity index (χ3v) is 19.2. The van der Waals surface area contributed by atoms with Crippen LogP contribution in [-0.2, 0) is 27.5 Å². The van der Waals surface area contributed by atoms with Gasteiger partial charge in [-0.3, -0.25) is 0 Å². The predicted octanol–water partition coefficient (Wildman–Crippen LogP) is 12.6. The van der Waals surface area contributed by atoms with E-state index < -0.39 is 7.26 Å². The summed E-state index contributed by atoms with van der Waals surface area (Å²) < 4.78 is 3.88. The molecule has 4 nitrogen and oxygen atoms in total. The van der Waals surface area contributed by atoms with E-state index >= 15 is 0 Å². The van der Waals surface area contributed by atoms with Gasteiger partial charge in [-0.2, -0.15) is 0 Å². The van der Waals surface area contributed by atoms with Crippen LogP contribution in [0.25, 0.3) is 23.3 Å². The van der Waals surface area contributed by atoms with Gasteiger partial charge in [0.25, 0.3) is 0 Å². The van der Waals surface area contributed by atoms with E-state index in [1.807, 2.05) is 40.7 Å². The van der Waals surface area contributed by atoms with E-state index in [0.29, 0.717) is 24.2 Å². The fourth-order valence-corrected chi connectivity index (χ4v) is 17.1. The standard InChI is InChI=1S/C54H53N2O2PS2.Os/c1-8-20-45-32-47-51(60-45)49(53(57)55(47)34-36(3)4)50-52-48(56(54(50)58)35-37(5)6)33-46(61-52)30-29-40(31-41-22-19-21-39(41)9-2)38(7)59(42-23-13-10-14-24-42,43-25-15-11-16-26-43)44-27-17-12-18-28-44;/h8-18,20,23-33,36-37H,19,21-22,34-35H2,1-6H3;/q+1;/b20-8+,30-29+,39-9?,40-38?,41-31?,50-49+;.